The average molecular weight is 400 g/mol. The number of quaternary nitrogens is 1. The Labute approximate surface area is 177 Å². The number of anilines is 1. The van der Waals surface area contributed by atoms with E-state index in [1.165, 1.54) is 55.4 Å². The number of allylic oxidation sites excluding steroid dienone is 1. The Morgan fingerprint density at radius 1 is 1.13 bits per heavy atom. The molecule has 4 heterocycles. The van der Waals surface area contributed by atoms with Crippen LogP contribution in [0.3, 0.4) is 0 Å². The van der Waals surface area contributed by atoms with Gasteiger partial charge < -0.3 is 4.90 Å². The second kappa shape index (κ2) is 6.59. The molecule has 4 aliphatic rings. The van der Waals surface area contributed by atoms with Gasteiger partial charge in [0.2, 0.25) is 12.0 Å². The number of benzene rings is 1. The molecule has 1 atom stereocenters. The number of nitrogens with zero attached hydrogens (tertiary/aromatic N) is 6. The molecule has 152 valence electrons. The van der Waals surface area contributed by atoms with Crippen LogP contribution >= 0.6 is 0 Å². The summed E-state index contributed by atoms with van der Waals surface area (Å²) in [6.07, 6.45) is 16.9. The van der Waals surface area contributed by atoms with Crippen LogP contribution in [0.1, 0.15) is 31.2 Å². The van der Waals surface area contributed by atoms with Gasteiger partial charge in [0, 0.05) is 18.1 Å². The van der Waals surface area contributed by atoms with E-state index in [9.17, 15) is 0 Å². The summed E-state index contributed by atoms with van der Waals surface area (Å²) >= 11 is 0. The second-order valence-electron chi connectivity index (χ2n) is 8.98. The molecule has 30 heavy (non-hydrogen) atoms. The van der Waals surface area contributed by atoms with Gasteiger partial charge in [0.05, 0.1) is 29.8 Å². The zero-order valence-corrected chi connectivity index (χ0v) is 17.4. The maximum absolute atomic E-state index is 4.69. The van der Waals surface area contributed by atoms with Crippen molar-refractivity contribution < 1.29 is 4.59 Å². The fourth-order valence-corrected chi connectivity index (χ4v) is 5.32. The van der Waals surface area contributed by atoms with Crippen LogP contribution in [0.4, 0.5) is 5.69 Å². The number of hydrogen-bond acceptors (Lipinski definition) is 5. The number of aryl methyl sites for hydroxylation is 1. The predicted molar refractivity (Wildman–Crippen MR) is 121 cm³/mol. The van der Waals surface area contributed by atoms with Crippen molar-refractivity contribution in [2.24, 2.45) is 9.98 Å². The van der Waals surface area contributed by atoms with Crippen molar-refractivity contribution in [2.75, 3.05) is 24.6 Å². The minimum Gasteiger partial charge on any atom is -0.301 e. The summed E-state index contributed by atoms with van der Waals surface area (Å²) in [6.45, 7) is 5.67. The molecule has 0 amide bonds. The zero-order chi connectivity index (χ0) is 20.2. The number of aromatic nitrogens is 1. The third-order valence-corrected chi connectivity index (χ3v) is 7.17. The standard InChI is InChI=1S/C24H27N6/c1-19-6-9-27-23-14-20(4-5-22(19)23)29(24(7-2-8-24)17-28-11-3-12-28)30-13-10-25-15-21(30)16-26-18-30/h4-6,9-10,13-16,18H,2-3,7-8,11-12,17H2,1H3/q+1. The first-order chi connectivity index (χ1) is 14.7. The molecule has 1 aliphatic carbocycles. The molecule has 3 aliphatic heterocycles. The van der Waals surface area contributed by atoms with Gasteiger partial charge in [0.15, 0.2) is 6.20 Å². The van der Waals surface area contributed by atoms with Gasteiger partial charge in [0.25, 0.3) is 0 Å². The molecule has 1 aromatic carbocycles. The Bertz CT molecular complexity index is 1120. The van der Waals surface area contributed by atoms with E-state index in [-0.39, 0.29) is 5.54 Å². The van der Waals surface area contributed by atoms with Crippen LogP contribution in [0.2, 0.25) is 0 Å². The molecular formula is C24H27N6+. The third-order valence-electron chi connectivity index (χ3n) is 7.17. The summed E-state index contributed by atoms with van der Waals surface area (Å²) in [4.78, 5) is 16.3. The maximum Gasteiger partial charge on any atom is 0.225 e. The molecule has 0 radical (unpaired) electrons. The molecule has 1 aromatic heterocycles. The number of pyridine rings is 1. The van der Waals surface area contributed by atoms with Gasteiger partial charge in [-0.25, -0.2) is 10.0 Å². The van der Waals surface area contributed by atoms with E-state index in [0.29, 0.717) is 4.59 Å². The Morgan fingerprint density at radius 3 is 2.80 bits per heavy atom. The summed E-state index contributed by atoms with van der Waals surface area (Å²) in [5, 5.41) is 3.80. The fraction of sp³-hybridized carbons (Fsp3) is 0.375. The van der Waals surface area contributed by atoms with Crippen molar-refractivity contribution in [1.29, 1.82) is 0 Å². The van der Waals surface area contributed by atoms with Gasteiger partial charge in [-0.1, -0.05) is 6.07 Å². The SMILES string of the molecule is Cc1ccnc2cc(N(C3(CN4CCC4)CCC3)[N+]34C=CN=CC3=CN=C4)ccc12. The summed E-state index contributed by atoms with van der Waals surface area (Å²) in [5.74, 6) is 0. The first-order valence-electron chi connectivity index (χ1n) is 10.9. The first-order valence-corrected chi connectivity index (χ1v) is 10.9. The second-order valence-corrected chi connectivity index (χ2v) is 8.98. The Balaban J connectivity index is 1.53. The molecular weight excluding hydrogens is 372 g/mol. The Morgan fingerprint density at radius 2 is 2.03 bits per heavy atom. The van der Waals surface area contributed by atoms with E-state index < -0.39 is 0 Å². The summed E-state index contributed by atoms with van der Waals surface area (Å²) in [7, 11) is 0. The Hall–Kier alpha value is -2.83. The van der Waals surface area contributed by atoms with Crippen LogP contribution in [0.25, 0.3) is 10.9 Å². The molecule has 0 spiro atoms. The zero-order valence-electron chi connectivity index (χ0n) is 17.4. The number of rotatable bonds is 5. The largest absolute Gasteiger partial charge is 0.301 e. The summed E-state index contributed by atoms with van der Waals surface area (Å²) < 4.78 is 0.481. The molecule has 2 fully saturated rings. The molecule has 2 aromatic rings. The van der Waals surface area contributed by atoms with Gasteiger partial charge in [-0.15, -0.1) is 4.59 Å². The first kappa shape index (κ1) is 18.0. The molecule has 1 saturated heterocycles. The van der Waals surface area contributed by atoms with E-state index in [1.54, 1.807) is 0 Å². The van der Waals surface area contributed by atoms with E-state index in [0.717, 1.165) is 17.8 Å². The molecule has 1 saturated carbocycles. The normalized spacial score (nSPS) is 26.2. The predicted octanol–water partition coefficient (Wildman–Crippen LogP) is 4.15. The summed E-state index contributed by atoms with van der Waals surface area (Å²) in [6, 6.07) is 8.84. The highest BCUT2D eigenvalue weighted by Crippen LogP contribution is 2.47. The topological polar surface area (TPSA) is 44.1 Å². The van der Waals surface area contributed by atoms with Crippen molar-refractivity contribution in [3.05, 3.63) is 60.3 Å². The maximum atomic E-state index is 4.69. The van der Waals surface area contributed by atoms with Crippen molar-refractivity contribution in [3.8, 4) is 0 Å². The summed E-state index contributed by atoms with van der Waals surface area (Å²) in [5.41, 5.74) is 4.66. The highest BCUT2D eigenvalue weighted by Gasteiger charge is 2.56. The lowest BCUT2D eigenvalue weighted by atomic mass is 9.74. The lowest BCUT2D eigenvalue weighted by molar-refractivity contribution is -0.751. The van der Waals surface area contributed by atoms with Crippen molar-refractivity contribution in [2.45, 2.75) is 38.1 Å². The van der Waals surface area contributed by atoms with Gasteiger partial charge in [-0.3, -0.25) is 9.98 Å². The lowest BCUT2D eigenvalue weighted by Crippen LogP contribution is -2.71. The number of fused-ring (bicyclic) bond motifs is 2. The van der Waals surface area contributed by atoms with Gasteiger partial charge in [-0.05, 0) is 69.5 Å². The van der Waals surface area contributed by atoms with Crippen LogP contribution in [0.15, 0.2) is 64.7 Å². The van der Waals surface area contributed by atoms with Crippen molar-refractivity contribution in [3.63, 3.8) is 0 Å². The molecule has 0 N–H and O–H groups in total. The Kier molecular flexibility index (Phi) is 3.95. The fourth-order valence-electron chi connectivity index (χ4n) is 5.32. The average Bonchev–Trinajstić information content (AvgIpc) is 3.13. The number of aliphatic imine (C=N–C) groups is 2. The monoisotopic (exact) mass is 399 g/mol. The molecule has 6 rings (SSSR count). The van der Waals surface area contributed by atoms with E-state index >= 15 is 0 Å². The number of hydrogen-bond donors (Lipinski definition) is 0. The molecule has 6 nitrogen and oxygen atoms in total. The molecule has 6 heteroatoms. The van der Waals surface area contributed by atoms with Gasteiger partial charge in [0.1, 0.15) is 5.54 Å². The smallest absolute Gasteiger partial charge is 0.225 e. The van der Waals surface area contributed by atoms with Crippen LogP contribution in [-0.2, 0) is 0 Å². The van der Waals surface area contributed by atoms with Crippen LogP contribution in [0.5, 0.6) is 0 Å². The van der Waals surface area contributed by atoms with Crippen molar-refractivity contribution in [1.82, 2.24) is 9.88 Å². The number of likely N-dealkylation sites (tertiary alicyclic amines) is 1. The quantitative estimate of drug-likeness (QED) is 0.710. The third kappa shape index (κ3) is 2.53. The molecule has 1 unspecified atom stereocenters. The minimum absolute atomic E-state index is 0.0723. The van der Waals surface area contributed by atoms with Crippen LogP contribution in [0, 0.1) is 6.92 Å². The molecule has 0 bridgehead atoms. The van der Waals surface area contributed by atoms with Crippen LogP contribution < -0.4 is 5.01 Å². The van der Waals surface area contributed by atoms with Crippen molar-refractivity contribution >= 4 is 29.1 Å². The van der Waals surface area contributed by atoms with Crippen LogP contribution in [-0.4, -0.2) is 52.2 Å². The minimum atomic E-state index is 0.0723. The van der Waals surface area contributed by atoms with E-state index in [4.69, 9.17) is 4.98 Å². The van der Waals surface area contributed by atoms with Gasteiger partial charge >= 0.3 is 0 Å². The van der Waals surface area contributed by atoms with Gasteiger partial charge in [-0.2, -0.15) is 0 Å². The van der Waals surface area contributed by atoms with E-state index in [2.05, 4.69) is 57.3 Å². The highest BCUT2D eigenvalue weighted by atomic mass is 15.8. The lowest BCUT2D eigenvalue weighted by Gasteiger charge is -2.57. The van der Waals surface area contributed by atoms with E-state index in [1.807, 2.05) is 31.1 Å². The highest BCUT2D eigenvalue weighted by molar-refractivity contribution is 5.86.